The molecule has 1 N–H and O–H groups in total. The summed E-state index contributed by atoms with van der Waals surface area (Å²) in [7, 11) is 0. The predicted molar refractivity (Wildman–Crippen MR) is 109 cm³/mol. The van der Waals surface area contributed by atoms with Crippen LogP contribution in [0.4, 0.5) is 10.5 Å². The highest BCUT2D eigenvalue weighted by atomic mass is 35.5. The molecule has 0 atom stereocenters. The van der Waals surface area contributed by atoms with E-state index >= 15 is 0 Å². The number of hydrogen-bond acceptors (Lipinski definition) is 1. The molecule has 0 spiro atoms. The van der Waals surface area contributed by atoms with Gasteiger partial charge in [-0.25, -0.2) is 4.79 Å². The molecule has 26 heavy (non-hydrogen) atoms. The van der Waals surface area contributed by atoms with Crippen LogP contribution in [-0.4, -0.2) is 21.5 Å². The number of hydrogen-bond donors (Lipinski definition) is 1. The predicted octanol–water partition coefficient (Wildman–Crippen LogP) is 5.76. The van der Waals surface area contributed by atoms with Crippen LogP contribution in [0.2, 0.25) is 5.02 Å². The molecule has 0 radical (unpaired) electrons. The second-order valence-electron chi connectivity index (χ2n) is 6.62. The molecule has 2 aromatic carbocycles. The van der Waals surface area contributed by atoms with Crippen molar-refractivity contribution in [1.82, 2.24) is 9.47 Å². The third-order valence-corrected chi connectivity index (χ3v) is 4.78. The summed E-state index contributed by atoms with van der Waals surface area (Å²) >= 11 is 5.91. The summed E-state index contributed by atoms with van der Waals surface area (Å²) in [5, 5.41) is 4.80. The Morgan fingerprint density at radius 3 is 2.50 bits per heavy atom. The molecule has 2 amide bonds. The highest BCUT2D eigenvalue weighted by Gasteiger charge is 2.19. The molecule has 3 rings (SSSR count). The number of halogens is 1. The number of aryl methyl sites for hydroxylation is 1. The number of urea groups is 1. The first-order valence-electron chi connectivity index (χ1n) is 8.89. The largest absolute Gasteiger partial charge is 0.347 e. The van der Waals surface area contributed by atoms with Gasteiger partial charge in [0.05, 0.1) is 0 Å². The van der Waals surface area contributed by atoms with Gasteiger partial charge < -0.3 is 14.8 Å². The zero-order valence-electron chi connectivity index (χ0n) is 15.4. The van der Waals surface area contributed by atoms with E-state index in [1.54, 1.807) is 12.1 Å². The van der Waals surface area contributed by atoms with Crippen molar-refractivity contribution in [2.75, 3.05) is 5.32 Å². The topological polar surface area (TPSA) is 37.3 Å². The van der Waals surface area contributed by atoms with Crippen LogP contribution in [0.25, 0.3) is 10.9 Å². The van der Waals surface area contributed by atoms with Crippen molar-refractivity contribution < 1.29 is 4.79 Å². The monoisotopic (exact) mass is 369 g/mol. The number of carbonyl (C=O) groups is 1. The van der Waals surface area contributed by atoms with Gasteiger partial charge in [-0.1, -0.05) is 29.8 Å². The highest BCUT2D eigenvalue weighted by Crippen LogP contribution is 2.24. The molecule has 1 aromatic heterocycles. The Labute approximate surface area is 159 Å². The summed E-state index contributed by atoms with van der Waals surface area (Å²) in [4.78, 5) is 14.7. The minimum absolute atomic E-state index is 0.0750. The molecule has 0 aliphatic heterocycles. The lowest BCUT2D eigenvalue weighted by Gasteiger charge is -2.27. The molecule has 0 saturated heterocycles. The number of fused-ring (bicyclic) bond motifs is 1. The summed E-state index contributed by atoms with van der Waals surface area (Å²) in [6.07, 6.45) is 2.15. The Kier molecular flexibility index (Phi) is 5.52. The SMILES string of the molecule is CCn1cc(CN(C(=O)Nc2ccc(Cl)cc2)C(C)C)c2ccccc21. The van der Waals surface area contributed by atoms with Crippen LogP contribution < -0.4 is 5.32 Å². The van der Waals surface area contributed by atoms with Gasteiger partial charge in [0.25, 0.3) is 0 Å². The van der Waals surface area contributed by atoms with Crippen LogP contribution in [0.15, 0.2) is 54.7 Å². The molecule has 0 aliphatic rings. The van der Waals surface area contributed by atoms with Crippen molar-refractivity contribution in [3.63, 3.8) is 0 Å². The first-order chi connectivity index (χ1) is 12.5. The van der Waals surface area contributed by atoms with Crippen molar-refractivity contribution in [3.05, 3.63) is 65.3 Å². The number of aromatic nitrogens is 1. The maximum atomic E-state index is 12.8. The number of para-hydroxylation sites is 1. The molecular weight excluding hydrogens is 346 g/mol. The molecule has 136 valence electrons. The van der Waals surface area contributed by atoms with E-state index in [-0.39, 0.29) is 12.1 Å². The van der Waals surface area contributed by atoms with Crippen LogP contribution in [0.5, 0.6) is 0 Å². The van der Waals surface area contributed by atoms with Crippen molar-refractivity contribution in [1.29, 1.82) is 0 Å². The fraction of sp³-hybridized carbons (Fsp3) is 0.286. The van der Waals surface area contributed by atoms with Crippen LogP contribution in [-0.2, 0) is 13.1 Å². The number of anilines is 1. The Hall–Kier alpha value is -2.46. The van der Waals surface area contributed by atoms with Crippen molar-refractivity contribution in [3.8, 4) is 0 Å². The highest BCUT2D eigenvalue weighted by molar-refractivity contribution is 6.30. The number of carbonyl (C=O) groups excluding carboxylic acids is 1. The smallest absolute Gasteiger partial charge is 0.322 e. The van der Waals surface area contributed by atoms with E-state index in [2.05, 4.69) is 35.1 Å². The van der Waals surface area contributed by atoms with Crippen molar-refractivity contribution in [2.45, 2.75) is 39.9 Å². The third-order valence-electron chi connectivity index (χ3n) is 4.53. The Morgan fingerprint density at radius 2 is 1.85 bits per heavy atom. The van der Waals surface area contributed by atoms with E-state index in [0.717, 1.165) is 17.8 Å². The van der Waals surface area contributed by atoms with Gasteiger partial charge >= 0.3 is 6.03 Å². The summed E-state index contributed by atoms with van der Waals surface area (Å²) in [6, 6.07) is 15.4. The number of nitrogens with zero attached hydrogens (tertiary/aromatic N) is 2. The summed E-state index contributed by atoms with van der Waals surface area (Å²) in [5.41, 5.74) is 3.09. The molecule has 3 aromatic rings. The van der Waals surface area contributed by atoms with Gasteiger partial charge in [-0.15, -0.1) is 0 Å². The minimum atomic E-state index is -0.115. The summed E-state index contributed by atoms with van der Waals surface area (Å²) in [6.45, 7) is 7.65. The van der Waals surface area contributed by atoms with E-state index in [1.165, 1.54) is 10.9 Å². The van der Waals surface area contributed by atoms with Crippen LogP contribution >= 0.6 is 11.6 Å². The van der Waals surface area contributed by atoms with Gasteiger partial charge in [0.1, 0.15) is 0 Å². The van der Waals surface area contributed by atoms with E-state index in [9.17, 15) is 4.79 Å². The number of nitrogens with one attached hydrogen (secondary N) is 1. The Bertz CT molecular complexity index is 899. The van der Waals surface area contributed by atoms with E-state index < -0.39 is 0 Å². The number of rotatable bonds is 5. The zero-order chi connectivity index (χ0) is 18.7. The van der Waals surface area contributed by atoms with Crippen LogP contribution in [0.1, 0.15) is 26.3 Å². The molecule has 4 nitrogen and oxygen atoms in total. The second-order valence-corrected chi connectivity index (χ2v) is 7.05. The quantitative estimate of drug-likeness (QED) is 0.610. The molecule has 0 fully saturated rings. The van der Waals surface area contributed by atoms with Gasteiger partial charge in [-0.05, 0) is 56.7 Å². The van der Waals surface area contributed by atoms with E-state index in [1.807, 2.05) is 43.0 Å². The van der Waals surface area contributed by atoms with Crippen molar-refractivity contribution >= 4 is 34.2 Å². The maximum Gasteiger partial charge on any atom is 0.322 e. The lowest BCUT2D eigenvalue weighted by atomic mass is 10.1. The third kappa shape index (κ3) is 3.86. The average molecular weight is 370 g/mol. The van der Waals surface area contributed by atoms with Gasteiger partial charge in [0.2, 0.25) is 0 Å². The fourth-order valence-corrected chi connectivity index (χ4v) is 3.24. The van der Waals surface area contributed by atoms with Gasteiger partial charge in [0, 0.05) is 46.9 Å². The minimum Gasteiger partial charge on any atom is -0.347 e. The molecule has 0 aliphatic carbocycles. The molecular formula is C21H24ClN3O. The second kappa shape index (κ2) is 7.83. The normalized spacial score (nSPS) is 11.1. The first-order valence-corrected chi connectivity index (χ1v) is 9.27. The van der Waals surface area contributed by atoms with Crippen LogP contribution in [0.3, 0.4) is 0 Å². The summed E-state index contributed by atoms with van der Waals surface area (Å²) < 4.78 is 2.22. The first kappa shape index (κ1) is 18.3. The number of benzene rings is 2. The molecule has 0 unspecified atom stereocenters. The number of amides is 2. The maximum absolute atomic E-state index is 12.8. The lowest BCUT2D eigenvalue weighted by Crippen LogP contribution is -2.39. The average Bonchev–Trinajstić information content (AvgIpc) is 2.99. The van der Waals surface area contributed by atoms with E-state index in [0.29, 0.717) is 11.6 Å². The zero-order valence-corrected chi connectivity index (χ0v) is 16.1. The lowest BCUT2D eigenvalue weighted by molar-refractivity contribution is 0.194. The van der Waals surface area contributed by atoms with Gasteiger partial charge in [-0.2, -0.15) is 0 Å². The summed E-state index contributed by atoms with van der Waals surface area (Å²) in [5.74, 6) is 0. The van der Waals surface area contributed by atoms with Crippen molar-refractivity contribution in [2.24, 2.45) is 0 Å². The Morgan fingerprint density at radius 1 is 1.15 bits per heavy atom. The van der Waals surface area contributed by atoms with Gasteiger partial charge in [0.15, 0.2) is 0 Å². The fourth-order valence-electron chi connectivity index (χ4n) is 3.11. The molecule has 0 bridgehead atoms. The standard InChI is InChI=1S/C21H24ClN3O/c1-4-24-13-16(19-7-5-6-8-20(19)24)14-25(15(2)3)21(26)23-18-11-9-17(22)10-12-18/h5-13,15H,4,14H2,1-3H3,(H,23,26). The molecule has 1 heterocycles. The van der Waals surface area contributed by atoms with E-state index in [4.69, 9.17) is 11.6 Å². The van der Waals surface area contributed by atoms with Gasteiger partial charge in [-0.3, -0.25) is 0 Å². The molecule has 0 saturated carbocycles. The Balaban J connectivity index is 1.85. The van der Waals surface area contributed by atoms with Crippen LogP contribution in [0, 0.1) is 0 Å². The molecule has 5 heteroatoms.